The van der Waals surface area contributed by atoms with E-state index < -0.39 is 22.5 Å². The highest BCUT2D eigenvalue weighted by Gasteiger charge is 2.29. The molecule has 3 aromatic rings. The van der Waals surface area contributed by atoms with Crippen molar-refractivity contribution in [1.29, 1.82) is 0 Å². The Morgan fingerprint density at radius 3 is 2.05 bits per heavy atom. The SMILES string of the molecule is COc1ccc(/C(C)=N\NC(=O)CN(c2cc(C)ccc2OC)S(=O)(=O)c2ccc(C)cc2)cc1OC. The van der Waals surface area contributed by atoms with E-state index in [-0.39, 0.29) is 10.6 Å². The summed E-state index contributed by atoms with van der Waals surface area (Å²) in [5, 5.41) is 4.17. The lowest BCUT2D eigenvalue weighted by Crippen LogP contribution is -2.40. The zero-order chi connectivity index (χ0) is 27.2. The van der Waals surface area contributed by atoms with Gasteiger partial charge in [0.05, 0.1) is 37.6 Å². The van der Waals surface area contributed by atoms with Crippen LogP contribution in [-0.2, 0) is 14.8 Å². The average molecular weight is 526 g/mol. The highest BCUT2D eigenvalue weighted by atomic mass is 32.2. The Morgan fingerprint density at radius 2 is 1.43 bits per heavy atom. The minimum atomic E-state index is -4.11. The maximum atomic E-state index is 13.7. The number of aryl methyl sites for hydroxylation is 2. The van der Waals surface area contributed by atoms with Crippen LogP contribution in [-0.4, -0.2) is 47.9 Å². The van der Waals surface area contributed by atoms with Gasteiger partial charge in [-0.2, -0.15) is 5.10 Å². The molecular formula is C27H31N3O6S. The van der Waals surface area contributed by atoms with Gasteiger partial charge in [0.15, 0.2) is 11.5 Å². The molecule has 0 aromatic heterocycles. The van der Waals surface area contributed by atoms with Crippen molar-refractivity contribution in [3.8, 4) is 17.2 Å². The number of nitrogens with one attached hydrogen (secondary N) is 1. The fraction of sp³-hybridized carbons (Fsp3) is 0.259. The molecule has 10 heteroatoms. The predicted octanol–water partition coefficient (Wildman–Crippen LogP) is 4.06. The molecule has 0 atom stereocenters. The highest BCUT2D eigenvalue weighted by Crippen LogP contribution is 2.33. The monoisotopic (exact) mass is 525 g/mol. The largest absolute Gasteiger partial charge is 0.495 e. The first-order valence-corrected chi connectivity index (χ1v) is 12.8. The summed E-state index contributed by atoms with van der Waals surface area (Å²) in [6, 6.07) is 16.8. The molecule has 1 N–H and O–H groups in total. The van der Waals surface area contributed by atoms with Crippen molar-refractivity contribution in [1.82, 2.24) is 5.43 Å². The number of hydrogen-bond acceptors (Lipinski definition) is 7. The molecule has 3 aromatic carbocycles. The molecule has 0 radical (unpaired) electrons. The quantitative estimate of drug-likeness (QED) is 0.316. The van der Waals surface area contributed by atoms with Gasteiger partial charge in [-0.1, -0.05) is 23.8 Å². The first-order valence-electron chi connectivity index (χ1n) is 11.4. The van der Waals surface area contributed by atoms with Crippen LogP contribution < -0.4 is 23.9 Å². The number of amides is 1. The van der Waals surface area contributed by atoms with Crippen LogP contribution in [0, 0.1) is 13.8 Å². The standard InChI is InChI=1S/C27H31N3O6S/c1-18-7-11-22(12-8-18)37(32,33)30(23-15-19(2)9-13-24(23)34-4)17-27(31)29-28-20(3)21-10-14-25(35-5)26(16-21)36-6/h7-16H,17H2,1-6H3,(H,29,31)/b28-20-. The first-order chi connectivity index (χ1) is 17.6. The molecule has 0 aliphatic carbocycles. The number of methoxy groups -OCH3 is 3. The second kappa shape index (κ2) is 11.8. The lowest BCUT2D eigenvalue weighted by atomic mass is 10.1. The molecule has 9 nitrogen and oxygen atoms in total. The third-order valence-electron chi connectivity index (χ3n) is 5.65. The van der Waals surface area contributed by atoms with E-state index in [0.29, 0.717) is 28.5 Å². The van der Waals surface area contributed by atoms with Crippen molar-refractivity contribution in [3.05, 3.63) is 77.4 Å². The van der Waals surface area contributed by atoms with Crippen molar-refractivity contribution in [2.45, 2.75) is 25.7 Å². The van der Waals surface area contributed by atoms with Gasteiger partial charge in [0, 0.05) is 5.56 Å². The van der Waals surface area contributed by atoms with Crippen LogP contribution in [0.5, 0.6) is 17.2 Å². The maximum Gasteiger partial charge on any atom is 0.264 e. The fourth-order valence-electron chi connectivity index (χ4n) is 3.57. The molecule has 1 amide bonds. The number of hydrogen-bond donors (Lipinski definition) is 1. The average Bonchev–Trinajstić information content (AvgIpc) is 2.90. The summed E-state index contributed by atoms with van der Waals surface area (Å²) in [7, 11) is 0.403. The Labute approximate surface area is 217 Å². The summed E-state index contributed by atoms with van der Waals surface area (Å²) in [5.74, 6) is 0.771. The second-order valence-electron chi connectivity index (χ2n) is 8.30. The minimum absolute atomic E-state index is 0.0551. The third kappa shape index (κ3) is 6.39. The number of carbonyl (C=O) groups is 1. The van der Waals surface area contributed by atoms with Gasteiger partial charge in [0.2, 0.25) is 0 Å². The van der Waals surface area contributed by atoms with Gasteiger partial charge in [-0.05, 0) is 68.8 Å². The Bertz CT molecular complexity index is 1400. The molecule has 0 saturated carbocycles. The number of rotatable bonds is 10. The van der Waals surface area contributed by atoms with E-state index in [9.17, 15) is 13.2 Å². The normalized spacial score (nSPS) is 11.6. The molecule has 0 aliphatic rings. The summed E-state index contributed by atoms with van der Waals surface area (Å²) in [5.41, 5.74) is 5.62. The van der Waals surface area contributed by atoms with Crippen LogP contribution in [0.1, 0.15) is 23.6 Å². The van der Waals surface area contributed by atoms with Crippen LogP contribution in [0.2, 0.25) is 0 Å². The van der Waals surface area contributed by atoms with E-state index in [1.165, 1.54) is 26.4 Å². The smallest absolute Gasteiger partial charge is 0.264 e. The first kappa shape index (κ1) is 27.5. The molecule has 196 valence electrons. The molecule has 0 bridgehead atoms. The number of nitrogens with zero attached hydrogens (tertiary/aromatic N) is 2. The van der Waals surface area contributed by atoms with Gasteiger partial charge < -0.3 is 14.2 Å². The topological polar surface area (TPSA) is 107 Å². The molecule has 0 aliphatic heterocycles. The Morgan fingerprint density at radius 1 is 0.838 bits per heavy atom. The van der Waals surface area contributed by atoms with E-state index in [4.69, 9.17) is 14.2 Å². The molecule has 0 unspecified atom stereocenters. The second-order valence-corrected chi connectivity index (χ2v) is 10.2. The van der Waals surface area contributed by atoms with Crippen molar-refractivity contribution in [2.24, 2.45) is 5.10 Å². The summed E-state index contributed by atoms with van der Waals surface area (Å²) < 4.78 is 44.4. The van der Waals surface area contributed by atoms with Crippen LogP contribution in [0.15, 0.2) is 70.7 Å². The number of benzene rings is 3. The lowest BCUT2D eigenvalue weighted by molar-refractivity contribution is -0.119. The van der Waals surface area contributed by atoms with Crippen molar-refractivity contribution >= 4 is 27.3 Å². The van der Waals surface area contributed by atoms with Crippen molar-refractivity contribution in [3.63, 3.8) is 0 Å². The number of ether oxygens (including phenoxy) is 3. The van der Waals surface area contributed by atoms with Gasteiger partial charge in [0.1, 0.15) is 12.3 Å². The van der Waals surface area contributed by atoms with Gasteiger partial charge >= 0.3 is 0 Å². The summed E-state index contributed by atoms with van der Waals surface area (Å²) in [4.78, 5) is 13.0. The number of carbonyl (C=O) groups excluding carboxylic acids is 1. The molecule has 0 heterocycles. The number of hydrazone groups is 1. The minimum Gasteiger partial charge on any atom is -0.495 e. The third-order valence-corrected chi connectivity index (χ3v) is 7.42. The Balaban J connectivity index is 1.93. The molecule has 0 saturated heterocycles. The van der Waals surface area contributed by atoms with E-state index in [1.54, 1.807) is 62.6 Å². The number of sulfonamides is 1. The van der Waals surface area contributed by atoms with Gasteiger partial charge in [-0.3, -0.25) is 9.10 Å². The van der Waals surface area contributed by atoms with E-state index >= 15 is 0 Å². The van der Waals surface area contributed by atoms with Crippen LogP contribution in [0.3, 0.4) is 0 Å². The van der Waals surface area contributed by atoms with Crippen LogP contribution in [0.25, 0.3) is 0 Å². The summed E-state index contributed by atoms with van der Waals surface area (Å²) in [6.07, 6.45) is 0. The zero-order valence-corrected chi connectivity index (χ0v) is 22.5. The van der Waals surface area contributed by atoms with Gasteiger partial charge in [-0.15, -0.1) is 0 Å². The fourth-order valence-corrected chi connectivity index (χ4v) is 4.99. The summed E-state index contributed by atoms with van der Waals surface area (Å²) >= 11 is 0. The van der Waals surface area contributed by atoms with Gasteiger partial charge in [0.25, 0.3) is 15.9 Å². The summed E-state index contributed by atoms with van der Waals surface area (Å²) in [6.45, 7) is 4.89. The molecule has 3 rings (SSSR count). The van der Waals surface area contributed by atoms with Crippen LogP contribution in [0.4, 0.5) is 5.69 Å². The van der Waals surface area contributed by atoms with E-state index in [0.717, 1.165) is 15.4 Å². The molecule has 37 heavy (non-hydrogen) atoms. The van der Waals surface area contributed by atoms with Crippen molar-refractivity contribution < 1.29 is 27.4 Å². The number of anilines is 1. The maximum absolute atomic E-state index is 13.7. The predicted molar refractivity (Wildman–Crippen MR) is 143 cm³/mol. The Hall–Kier alpha value is -4.05. The highest BCUT2D eigenvalue weighted by molar-refractivity contribution is 7.92. The van der Waals surface area contributed by atoms with Gasteiger partial charge in [-0.25, -0.2) is 13.8 Å². The molecular weight excluding hydrogens is 494 g/mol. The van der Waals surface area contributed by atoms with Crippen molar-refractivity contribution in [2.75, 3.05) is 32.2 Å². The van der Waals surface area contributed by atoms with E-state index in [2.05, 4.69) is 10.5 Å². The molecule has 0 spiro atoms. The zero-order valence-electron chi connectivity index (χ0n) is 21.7. The molecule has 0 fully saturated rings. The van der Waals surface area contributed by atoms with Crippen LogP contribution >= 0.6 is 0 Å². The lowest BCUT2D eigenvalue weighted by Gasteiger charge is -2.25. The Kier molecular flexibility index (Phi) is 8.77. The van der Waals surface area contributed by atoms with E-state index in [1.807, 2.05) is 13.8 Å².